The van der Waals surface area contributed by atoms with Gasteiger partial charge in [0.1, 0.15) is 5.54 Å². The molecule has 0 unspecified atom stereocenters. The molecule has 2 N–H and O–H groups in total. The van der Waals surface area contributed by atoms with E-state index in [-0.39, 0.29) is 17.8 Å². The lowest BCUT2D eigenvalue weighted by atomic mass is 9.91. The van der Waals surface area contributed by atoms with Crippen LogP contribution in [0.2, 0.25) is 0 Å². The molecule has 2 heterocycles. The predicted octanol–water partition coefficient (Wildman–Crippen LogP) is 3.50. The highest BCUT2D eigenvalue weighted by molar-refractivity contribution is 7.17. The Morgan fingerprint density at radius 2 is 1.90 bits per heavy atom. The molecule has 1 aromatic heterocycles. The van der Waals surface area contributed by atoms with Crippen LogP contribution in [0.3, 0.4) is 0 Å². The number of imide groups is 1. The number of carbonyl (C=O) groups is 3. The summed E-state index contributed by atoms with van der Waals surface area (Å²) in [6.45, 7) is 0.767. The number of thiophene rings is 1. The molecule has 2 aliphatic carbocycles. The summed E-state index contributed by atoms with van der Waals surface area (Å²) in [4.78, 5) is 40.8. The van der Waals surface area contributed by atoms with Crippen LogP contribution in [0, 0.1) is 0 Å². The van der Waals surface area contributed by atoms with Gasteiger partial charge in [0.15, 0.2) is 0 Å². The number of amides is 4. The fourth-order valence-corrected chi connectivity index (χ4v) is 6.09. The first-order valence-electron chi connectivity index (χ1n) is 10.7. The normalized spacial score (nSPS) is 19.0. The lowest BCUT2D eigenvalue weighted by Crippen LogP contribution is -2.44. The average Bonchev–Trinajstić information content (AvgIpc) is 3.45. The molecule has 1 aromatic carbocycles. The Balaban J connectivity index is 1.17. The highest BCUT2D eigenvalue weighted by Crippen LogP contribution is 2.39. The third-order valence-electron chi connectivity index (χ3n) is 6.51. The van der Waals surface area contributed by atoms with Gasteiger partial charge in [-0.3, -0.25) is 14.5 Å². The van der Waals surface area contributed by atoms with Gasteiger partial charge >= 0.3 is 6.03 Å². The molecule has 5 rings (SSSR count). The molecule has 2 fully saturated rings. The third-order valence-corrected chi connectivity index (χ3v) is 7.71. The summed E-state index contributed by atoms with van der Waals surface area (Å²) in [6.07, 6.45) is 5.94. The lowest BCUT2D eigenvalue weighted by Gasteiger charge is -2.20. The second kappa shape index (κ2) is 7.54. The van der Waals surface area contributed by atoms with Crippen LogP contribution in [0.1, 0.15) is 52.9 Å². The zero-order chi connectivity index (χ0) is 20.7. The van der Waals surface area contributed by atoms with E-state index in [0.29, 0.717) is 19.5 Å². The number of fused-ring (bicyclic) bond motifs is 3. The van der Waals surface area contributed by atoms with Crippen molar-refractivity contribution in [1.82, 2.24) is 15.5 Å². The minimum atomic E-state index is -0.660. The summed E-state index contributed by atoms with van der Waals surface area (Å²) in [5.41, 5.74) is 3.16. The molecule has 156 valence electrons. The topological polar surface area (TPSA) is 78.5 Å². The molecule has 7 heteroatoms. The molecule has 1 saturated heterocycles. The third kappa shape index (κ3) is 3.21. The molecule has 30 heavy (non-hydrogen) atoms. The van der Waals surface area contributed by atoms with E-state index in [2.05, 4.69) is 28.8 Å². The number of hydrogen-bond donors (Lipinski definition) is 2. The van der Waals surface area contributed by atoms with Gasteiger partial charge < -0.3 is 10.6 Å². The smallest absolute Gasteiger partial charge is 0.325 e. The van der Waals surface area contributed by atoms with E-state index in [1.807, 2.05) is 12.1 Å². The van der Waals surface area contributed by atoms with Crippen LogP contribution >= 0.6 is 11.3 Å². The first-order chi connectivity index (χ1) is 14.6. The molecule has 3 aliphatic rings. The monoisotopic (exact) mass is 423 g/mol. The largest absolute Gasteiger partial charge is 0.351 e. The molecule has 2 aromatic rings. The second-order valence-electron chi connectivity index (χ2n) is 8.41. The zero-order valence-electron chi connectivity index (χ0n) is 16.8. The maximum Gasteiger partial charge on any atom is 0.325 e. The van der Waals surface area contributed by atoms with E-state index < -0.39 is 5.54 Å². The van der Waals surface area contributed by atoms with Gasteiger partial charge in [0.25, 0.3) is 11.8 Å². The van der Waals surface area contributed by atoms with Crippen molar-refractivity contribution >= 4 is 29.2 Å². The van der Waals surface area contributed by atoms with Gasteiger partial charge in [-0.15, -0.1) is 11.3 Å². The number of nitrogens with one attached hydrogen (secondary N) is 2. The SMILES string of the molecule is O=C(NCCCN1C(=O)NC2(CCCC2)C1=O)c1cc2c(s1)-c1ccccc1CC2. The molecule has 1 saturated carbocycles. The van der Waals surface area contributed by atoms with Gasteiger partial charge in [0.05, 0.1) is 4.88 Å². The van der Waals surface area contributed by atoms with Crippen molar-refractivity contribution in [3.63, 3.8) is 0 Å². The molecule has 0 radical (unpaired) electrons. The van der Waals surface area contributed by atoms with Crippen LogP contribution in [-0.4, -0.2) is 41.4 Å². The average molecular weight is 424 g/mol. The fraction of sp³-hybridized carbons (Fsp3) is 0.435. The molecule has 0 bridgehead atoms. The van der Waals surface area contributed by atoms with Crippen molar-refractivity contribution in [1.29, 1.82) is 0 Å². The van der Waals surface area contributed by atoms with Gasteiger partial charge in [0, 0.05) is 18.0 Å². The number of aryl methyl sites for hydroxylation is 2. The van der Waals surface area contributed by atoms with E-state index in [9.17, 15) is 14.4 Å². The molecule has 6 nitrogen and oxygen atoms in total. The Kier molecular flexibility index (Phi) is 4.85. The van der Waals surface area contributed by atoms with Gasteiger partial charge in [-0.1, -0.05) is 37.1 Å². The first-order valence-corrected chi connectivity index (χ1v) is 11.5. The van der Waals surface area contributed by atoms with E-state index >= 15 is 0 Å². The van der Waals surface area contributed by atoms with Gasteiger partial charge in [0.2, 0.25) is 0 Å². The van der Waals surface area contributed by atoms with E-state index in [4.69, 9.17) is 0 Å². The Labute approximate surface area is 179 Å². The van der Waals surface area contributed by atoms with Gasteiger partial charge in [-0.25, -0.2) is 4.79 Å². The number of rotatable bonds is 5. The van der Waals surface area contributed by atoms with Crippen LogP contribution in [0.15, 0.2) is 30.3 Å². The van der Waals surface area contributed by atoms with Crippen molar-refractivity contribution in [2.45, 2.75) is 50.5 Å². The zero-order valence-corrected chi connectivity index (χ0v) is 17.6. The predicted molar refractivity (Wildman–Crippen MR) is 116 cm³/mol. The van der Waals surface area contributed by atoms with Gasteiger partial charge in [-0.05, 0) is 54.9 Å². The van der Waals surface area contributed by atoms with E-state index in [1.54, 1.807) is 11.3 Å². The Morgan fingerprint density at radius 1 is 1.13 bits per heavy atom. The van der Waals surface area contributed by atoms with Crippen molar-refractivity contribution in [3.05, 3.63) is 46.3 Å². The van der Waals surface area contributed by atoms with Crippen LogP contribution in [0.5, 0.6) is 0 Å². The number of carbonyl (C=O) groups excluding carboxylic acids is 3. The molecule has 4 amide bonds. The maximum atomic E-state index is 12.7. The minimum Gasteiger partial charge on any atom is -0.351 e. The Hall–Kier alpha value is -2.67. The highest BCUT2D eigenvalue weighted by atomic mass is 32.1. The van der Waals surface area contributed by atoms with Gasteiger partial charge in [-0.2, -0.15) is 0 Å². The summed E-state index contributed by atoms with van der Waals surface area (Å²) in [6, 6.07) is 10.1. The maximum absolute atomic E-state index is 12.7. The van der Waals surface area contributed by atoms with Crippen molar-refractivity contribution in [2.75, 3.05) is 13.1 Å². The summed E-state index contributed by atoms with van der Waals surface area (Å²) in [5.74, 6) is -0.183. The van der Waals surface area contributed by atoms with Crippen molar-refractivity contribution in [3.8, 4) is 10.4 Å². The quantitative estimate of drug-likeness (QED) is 0.571. The van der Waals surface area contributed by atoms with Crippen molar-refractivity contribution < 1.29 is 14.4 Å². The Bertz CT molecular complexity index is 1020. The summed E-state index contributed by atoms with van der Waals surface area (Å²) >= 11 is 1.54. The van der Waals surface area contributed by atoms with Crippen molar-refractivity contribution in [2.24, 2.45) is 0 Å². The van der Waals surface area contributed by atoms with Crippen LogP contribution in [-0.2, 0) is 17.6 Å². The number of benzene rings is 1. The second-order valence-corrected chi connectivity index (χ2v) is 9.46. The summed E-state index contributed by atoms with van der Waals surface area (Å²) < 4.78 is 0. The van der Waals surface area contributed by atoms with Crippen LogP contribution in [0.25, 0.3) is 10.4 Å². The Morgan fingerprint density at radius 3 is 2.73 bits per heavy atom. The number of urea groups is 1. The molecular formula is C23H25N3O3S. The molecule has 1 aliphatic heterocycles. The lowest BCUT2D eigenvalue weighted by molar-refractivity contribution is -0.131. The first kappa shape index (κ1) is 19.3. The molecule has 1 spiro atoms. The highest BCUT2D eigenvalue weighted by Gasteiger charge is 2.51. The standard InChI is InChI=1S/C23H25N3O3S/c27-20(18-14-16-9-8-15-6-1-2-7-17(15)19(16)30-18)24-12-5-13-26-21(28)23(25-22(26)29)10-3-4-11-23/h1-2,6-7,14H,3-5,8-13H2,(H,24,27)(H,25,29). The summed E-state index contributed by atoms with van der Waals surface area (Å²) in [5, 5.41) is 5.84. The van der Waals surface area contributed by atoms with Crippen LogP contribution < -0.4 is 10.6 Å². The number of hydrogen-bond acceptors (Lipinski definition) is 4. The molecule has 0 atom stereocenters. The number of nitrogens with zero attached hydrogens (tertiary/aromatic N) is 1. The summed E-state index contributed by atoms with van der Waals surface area (Å²) in [7, 11) is 0. The van der Waals surface area contributed by atoms with Crippen LogP contribution in [0.4, 0.5) is 4.79 Å². The minimum absolute atomic E-state index is 0.0867. The van der Waals surface area contributed by atoms with E-state index in [0.717, 1.165) is 43.4 Å². The van der Waals surface area contributed by atoms with E-state index in [1.165, 1.54) is 26.5 Å². The molecular weight excluding hydrogens is 398 g/mol. The fourth-order valence-electron chi connectivity index (χ4n) is 4.91.